The lowest BCUT2D eigenvalue weighted by Gasteiger charge is -2.26. The number of benzene rings is 3. The fourth-order valence-electron chi connectivity index (χ4n) is 4.21. The summed E-state index contributed by atoms with van der Waals surface area (Å²) in [4.78, 5) is 14.2. The van der Waals surface area contributed by atoms with Crippen molar-refractivity contribution in [2.75, 3.05) is 19.6 Å². The van der Waals surface area contributed by atoms with Crippen molar-refractivity contribution in [3.05, 3.63) is 83.4 Å². The monoisotopic (exact) mass is 359 g/mol. The van der Waals surface area contributed by atoms with Crippen molar-refractivity contribution >= 4 is 16.7 Å². The first kappa shape index (κ1) is 17.7. The largest absolute Gasteiger partial charge is 0.346 e. The number of hydrogen-bond donors (Lipinski definition) is 2. The first-order valence-electron chi connectivity index (χ1n) is 9.89. The summed E-state index contributed by atoms with van der Waals surface area (Å²) in [6, 6.07) is 23.2. The van der Waals surface area contributed by atoms with Crippen LogP contribution in [0.2, 0.25) is 0 Å². The molecule has 1 heterocycles. The van der Waals surface area contributed by atoms with Crippen LogP contribution in [-0.2, 0) is 0 Å². The van der Waals surface area contributed by atoms with Crippen LogP contribution in [0, 0.1) is 6.92 Å². The van der Waals surface area contributed by atoms with Gasteiger partial charge in [0.05, 0.1) is 19.6 Å². The first-order chi connectivity index (χ1) is 13.2. The number of quaternary nitrogens is 1. The number of aryl methyl sites for hydroxylation is 1. The van der Waals surface area contributed by atoms with E-state index < -0.39 is 0 Å². The minimum atomic E-state index is 0.0128. The molecule has 1 saturated heterocycles. The van der Waals surface area contributed by atoms with Gasteiger partial charge >= 0.3 is 0 Å². The van der Waals surface area contributed by atoms with Gasteiger partial charge in [-0.05, 0) is 29.8 Å². The molecule has 3 aromatic rings. The van der Waals surface area contributed by atoms with Gasteiger partial charge in [0.25, 0.3) is 5.91 Å². The van der Waals surface area contributed by atoms with Crippen LogP contribution in [-0.4, -0.2) is 25.5 Å². The van der Waals surface area contributed by atoms with Crippen LogP contribution in [0.25, 0.3) is 10.8 Å². The number of fused-ring (bicyclic) bond motifs is 1. The molecule has 3 heteroatoms. The fourth-order valence-corrected chi connectivity index (χ4v) is 4.21. The van der Waals surface area contributed by atoms with Crippen LogP contribution >= 0.6 is 0 Å². The molecular weight excluding hydrogens is 332 g/mol. The Kier molecular flexibility index (Phi) is 5.21. The van der Waals surface area contributed by atoms with Gasteiger partial charge in [-0.1, -0.05) is 60.2 Å². The van der Waals surface area contributed by atoms with Crippen molar-refractivity contribution in [3.63, 3.8) is 0 Å². The van der Waals surface area contributed by atoms with Crippen molar-refractivity contribution in [1.29, 1.82) is 0 Å². The van der Waals surface area contributed by atoms with E-state index in [1.807, 2.05) is 31.2 Å². The number of amides is 1. The van der Waals surface area contributed by atoms with Gasteiger partial charge in [-0.25, -0.2) is 0 Å². The summed E-state index contributed by atoms with van der Waals surface area (Å²) < 4.78 is 0. The Bertz CT molecular complexity index is 921. The lowest BCUT2D eigenvalue weighted by Crippen LogP contribution is -3.11. The van der Waals surface area contributed by atoms with Gasteiger partial charge in [-0.3, -0.25) is 4.79 Å². The average Bonchev–Trinajstić information content (AvgIpc) is 3.23. The topological polar surface area (TPSA) is 33.5 Å². The predicted molar refractivity (Wildman–Crippen MR) is 110 cm³/mol. The molecule has 0 aliphatic carbocycles. The fraction of sp³-hybridized carbons (Fsp3) is 0.292. The Hall–Kier alpha value is -2.65. The lowest BCUT2D eigenvalue weighted by atomic mass is 9.97. The van der Waals surface area contributed by atoms with E-state index in [2.05, 4.69) is 47.8 Å². The van der Waals surface area contributed by atoms with E-state index in [1.54, 1.807) is 4.90 Å². The van der Waals surface area contributed by atoms with Gasteiger partial charge in [0.1, 0.15) is 6.04 Å². The molecule has 1 aliphatic heterocycles. The van der Waals surface area contributed by atoms with E-state index in [-0.39, 0.29) is 11.9 Å². The second-order valence-corrected chi connectivity index (χ2v) is 7.56. The Morgan fingerprint density at radius 2 is 1.67 bits per heavy atom. The molecule has 0 radical (unpaired) electrons. The maximum atomic E-state index is 12.6. The van der Waals surface area contributed by atoms with Gasteiger partial charge in [-0.2, -0.15) is 0 Å². The molecule has 2 N–H and O–H groups in total. The molecule has 27 heavy (non-hydrogen) atoms. The van der Waals surface area contributed by atoms with Crippen molar-refractivity contribution in [2.45, 2.75) is 25.8 Å². The quantitative estimate of drug-likeness (QED) is 0.720. The molecule has 3 aromatic carbocycles. The highest BCUT2D eigenvalue weighted by atomic mass is 16.1. The molecule has 0 saturated carbocycles. The van der Waals surface area contributed by atoms with E-state index in [9.17, 15) is 4.79 Å². The van der Waals surface area contributed by atoms with Crippen molar-refractivity contribution in [2.24, 2.45) is 0 Å². The summed E-state index contributed by atoms with van der Waals surface area (Å²) in [5.41, 5.74) is 3.24. The van der Waals surface area contributed by atoms with Gasteiger partial charge in [0.2, 0.25) is 0 Å². The number of nitrogens with one attached hydrogen (secondary N) is 2. The number of rotatable bonds is 5. The maximum Gasteiger partial charge on any atom is 0.251 e. The van der Waals surface area contributed by atoms with Crippen molar-refractivity contribution in [1.82, 2.24) is 5.32 Å². The van der Waals surface area contributed by atoms with E-state index in [0.717, 1.165) is 5.56 Å². The highest BCUT2D eigenvalue weighted by molar-refractivity contribution is 5.94. The molecular formula is C24H27N2O+. The van der Waals surface area contributed by atoms with Crippen LogP contribution in [0.15, 0.2) is 66.7 Å². The third-order valence-electron chi connectivity index (χ3n) is 5.72. The summed E-state index contributed by atoms with van der Waals surface area (Å²) >= 11 is 0. The van der Waals surface area contributed by atoms with Crippen molar-refractivity contribution in [3.8, 4) is 0 Å². The van der Waals surface area contributed by atoms with E-state index in [0.29, 0.717) is 6.54 Å². The number of carbonyl (C=O) groups is 1. The molecule has 1 fully saturated rings. The second kappa shape index (κ2) is 7.93. The zero-order chi connectivity index (χ0) is 18.6. The Labute approximate surface area is 161 Å². The summed E-state index contributed by atoms with van der Waals surface area (Å²) in [7, 11) is 0. The molecule has 3 nitrogen and oxygen atoms in total. The average molecular weight is 359 g/mol. The van der Waals surface area contributed by atoms with Crippen LogP contribution in [0.5, 0.6) is 0 Å². The SMILES string of the molecule is Cc1ccc(C(=O)NC[C@H](c2cccc3ccccc23)[NH+]2CCCC2)cc1. The number of carbonyl (C=O) groups excluding carboxylic acids is 1. The zero-order valence-electron chi connectivity index (χ0n) is 15.9. The molecule has 0 spiro atoms. The highest BCUT2D eigenvalue weighted by Crippen LogP contribution is 2.23. The Morgan fingerprint density at radius 3 is 2.44 bits per heavy atom. The van der Waals surface area contributed by atoms with E-state index >= 15 is 0 Å². The minimum absolute atomic E-state index is 0.0128. The third-order valence-corrected chi connectivity index (χ3v) is 5.72. The molecule has 0 aromatic heterocycles. The summed E-state index contributed by atoms with van der Waals surface area (Å²) in [6.07, 6.45) is 2.53. The molecule has 1 aliphatic rings. The number of likely N-dealkylation sites (tertiary alicyclic amines) is 1. The second-order valence-electron chi connectivity index (χ2n) is 7.56. The van der Waals surface area contributed by atoms with Crippen LogP contribution in [0.3, 0.4) is 0 Å². The summed E-state index contributed by atoms with van der Waals surface area (Å²) in [5, 5.41) is 5.77. The standard InChI is InChI=1S/C24H26N2O/c1-18-11-13-20(14-12-18)24(27)25-17-23(26-15-4-5-16-26)22-10-6-8-19-7-2-3-9-21(19)22/h2-3,6-14,23H,4-5,15-17H2,1H3,(H,25,27)/p+1/t23-/m1/s1. The molecule has 1 amide bonds. The van der Waals surface area contributed by atoms with E-state index in [1.165, 1.54) is 47.8 Å². The Balaban J connectivity index is 1.59. The van der Waals surface area contributed by atoms with Gasteiger partial charge in [-0.15, -0.1) is 0 Å². The maximum absolute atomic E-state index is 12.6. The molecule has 0 bridgehead atoms. The predicted octanol–water partition coefficient (Wildman–Crippen LogP) is 3.30. The highest BCUT2D eigenvalue weighted by Gasteiger charge is 2.29. The smallest absolute Gasteiger partial charge is 0.251 e. The van der Waals surface area contributed by atoms with Crippen LogP contribution < -0.4 is 10.2 Å². The molecule has 1 atom stereocenters. The minimum Gasteiger partial charge on any atom is -0.346 e. The molecule has 0 unspecified atom stereocenters. The Morgan fingerprint density at radius 1 is 0.963 bits per heavy atom. The van der Waals surface area contributed by atoms with Crippen LogP contribution in [0.4, 0.5) is 0 Å². The van der Waals surface area contributed by atoms with Gasteiger partial charge in [0.15, 0.2) is 0 Å². The number of hydrogen-bond acceptors (Lipinski definition) is 1. The first-order valence-corrected chi connectivity index (χ1v) is 9.89. The van der Waals surface area contributed by atoms with Gasteiger partial charge < -0.3 is 10.2 Å². The van der Waals surface area contributed by atoms with Crippen LogP contribution in [0.1, 0.15) is 40.4 Å². The van der Waals surface area contributed by atoms with Crippen molar-refractivity contribution < 1.29 is 9.69 Å². The lowest BCUT2D eigenvalue weighted by molar-refractivity contribution is -0.918. The summed E-state index contributed by atoms with van der Waals surface area (Å²) in [5.74, 6) is 0.0128. The van der Waals surface area contributed by atoms with E-state index in [4.69, 9.17) is 0 Å². The molecule has 4 rings (SSSR count). The van der Waals surface area contributed by atoms with Gasteiger partial charge in [0, 0.05) is 24.0 Å². The zero-order valence-corrected chi connectivity index (χ0v) is 15.9. The third kappa shape index (κ3) is 3.88. The normalized spacial score (nSPS) is 15.7. The summed E-state index contributed by atoms with van der Waals surface area (Å²) in [6.45, 7) is 5.05. The molecule has 138 valence electrons.